The van der Waals surface area contributed by atoms with Gasteiger partial charge in [0.05, 0.1) is 5.02 Å². The Morgan fingerprint density at radius 1 is 1.31 bits per heavy atom. The van der Waals surface area contributed by atoms with E-state index in [1.54, 1.807) is 6.07 Å². The Balaban J connectivity index is 2.11. The largest absolute Gasteiger partial charge is 0.488 e. The second kappa shape index (κ2) is 5.26. The van der Waals surface area contributed by atoms with Gasteiger partial charge in [0.1, 0.15) is 16.9 Å². The molecular formula is C12H15Cl2NO. The minimum atomic E-state index is 0.181. The van der Waals surface area contributed by atoms with Gasteiger partial charge < -0.3 is 10.5 Å². The lowest BCUT2D eigenvalue weighted by Gasteiger charge is -2.20. The Bertz CT molecular complexity index is 370. The van der Waals surface area contributed by atoms with Crippen LogP contribution in [0.3, 0.4) is 0 Å². The summed E-state index contributed by atoms with van der Waals surface area (Å²) >= 11 is 12.0. The van der Waals surface area contributed by atoms with Crippen molar-refractivity contribution in [3.05, 3.63) is 28.2 Å². The summed E-state index contributed by atoms with van der Waals surface area (Å²) in [5.41, 5.74) is 5.71. The molecule has 16 heavy (non-hydrogen) atoms. The summed E-state index contributed by atoms with van der Waals surface area (Å²) in [6, 6.07) is 5.45. The molecule has 0 aromatic heterocycles. The number of hydrogen-bond donors (Lipinski definition) is 1. The highest BCUT2D eigenvalue weighted by Crippen LogP contribution is 2.35. The molecule has 88 valence electrons. The van der Waals surface area contributed by atoms with Crippen LogP contribution in [0.2, 0.25) is 10.0 Å². The molecule has 1 aliphatic carbocycles. The monoisotopic (exact) mass is 259 g/mol. The lowest BCUT2D eigenvalue weighted by Crippen LogP contribution is -2.27. The minimum absolute atomic E-state index is 0.181. The van der Waals surface area contributed by atoms with E-state index in [0.29, 0.717) is 28.3 Å². The van der Waals surface area contributed by atoms with Gasteiger partial charge in [-0.25, -0.2) is 0 Å². The molecule has 2 nitrogen and oxygen atoms in total. The summed E-state index contributed by atoms with van der Waals surface area (Å²) in [5, 5.41) is 1.02. The number of nitrogens with two attached hydrogens (primary N) is 1. The number of benzene rings is 1. The van der Waals surface area contributed by atoms with Gasteiger partial charge in [-0.1, -0.05) is 29.3 Å². The van der Waals surface area contributed by atoms with Crippen LogP contribution in [-0.4, -0.2) is 12.6 Å². The predicted molar refractivity (Wildman–Crippen MR) is 67.3 cm³/mol. The molecule has 1 aromatic rings. The fraction of sp³-hybridized carbons (Fsp3) is 0.500. The van der Waals surface area contributed by atoms with Gasteiger partial charge in [-0.3, -0.25) is 0 Å². The highest BCUT2D eigenvalue weighted by molar-refractivity contribution is 6.42. The molecule has 1 aromatic carbocycles. The van der Waals surface area contributed by atoms with E-state index in [1.807, 2.05) is 12.1 Å². The van der Waals surface area contributed by atoms with Crippen LogP contribution < -0.4 is 10.5 Å². The lowest BCUT2D eigenvalue weighted by molar-refractivity contribution is 0.162. The summed E-state index contributed by atoms with van der Waals surface area (Å²) in [6.45, 7) is 0.669. The molecule has 0 bridgehead atoms. The Hall–Kier alpha value is -0.440. The fourth-order valence-corrected chi connectivity index (χ4v) is 2.50. The van der Waals surface area contributed by atoms with E-state index in [-0.39, 0.29) is 6.10 Å². The number of rotatable bonds is 3. The van der Waals surface area contributed by atoms with Crippen molar-refractivity contribution in [1.82, 2.24) is 0 Å². The topological polar surface area (TPSA) is 35.2 Å². The molecule has 1 fully saturated rings. The van der Waals surface area contributed by atoms with Crippen LogP contribution in [0.15, 0.2) is 18.2 Å². The van der Waals surface area contributed by atoms with Crippen molar-refractivity contribution in [2.75, 3.05) is 6.54 Å². The maximum Gasteiger partial charge on any atom is 0.139 e. The Morgan fingerprint density at radius 3 is 2.88 bits per heavy atom. The third-order valence-corrected chi connectivity index (χ3v) is 3.89. The molecule has 0 saturated heterocycles. The normalized spacial score (nSPS) is 24.7. The van der Waals surface area contributed by atoms with Crippen molar-refractivity contribution in [1.29, 1.82) is 0 Å². The highest BCUT2D eigenvalue weighted by Gasteiger charge is 2.28. The van der Waals surface area contributed by atoms with Crippen molar-refractivity contribution in [2.24, 2.45) is 11.7 Å². The average molecular weight is 260 g/mol. The zero-order valence-corrected chi connectivity index (χ0v) is 10.5. The maximum absolute atomic E-state index is 6.07. The average Bonchev–Trinajstić information content (AvgIpc) is 2.72. The summed E-state index contributed by atoms with van der Waals surface area (Å²) in [5.74, 6) is 1.11. The summed E-state index contributed by atoms with van der Waals surface area (Å²) in [6.07, 6.45) is 3.54. The lowest BCUT2D eigenvalue weighted by atomic mass is 10.1. The first-order valence-electron chi connectivity index (χ1n) is 5.53. The Kier molecular flexibility index (Phi) is 3.95. The van der Waals surface area contributed by atoms with Gasteiger partial charge in [0.25, 0.3) is 0 Å². The van der Waals surface area contributed by atoms with Crippen molar-refractivity contribution in [3.63, 3.8) is 0 Å². The van der Waals surface area contributed by atoms with E-state index < -0.39 is 0 Å². The van der Waals surface area contributed by atoms with E-state index in [2.05, 4.69) is 0 Å². The molecular weight excluding hydrogens is 245 g/mol. The highest BCUT2D eigenvalue weighted by atomic mass is 35.5. The fourth-order valence-electron chi connectivity index (χ4n) is 2.17. The molecule has 0 spiro atoms. The van der Waals surface area contributed by atoms with Gasteiger partial charge in [-0.15, -0.1) is 0 Å². The minimum Gasteiger partial charge on any atom is -0.488 e. The summed E-state index contributed by atoms with van der Waals surface area (Å²) in [4.78, 5) is 0. The molecule has 2 N–H and O–H groups in total. The first-order chi connectivity index (χ1) is 7.72. The van der Waals surface area contributed by atoms with Crippen LogP contribution in [0.5, 0.6) is 5.75 Å². The standard InChI is InChI=1S/C12H15Cl2NO/c13-9-4-2-6-11(12(9)14)16-10-5-1-3-8(10)7-15/h2,4,6,8,10H,1,3,5,7,15H2. The number of ether oxygens (including phenoxy) is 1. The van der Waals surface area contributed by atoms with Crippen LogP contribution in [0.1, 0.15) is 19.3 Å². The predicted octanol–water partition coefficient (Wildman–Crippen LogP) is 3.50. The van der Waals surface area contributed by atoms with Crippen LogP contribution in [-0.2, 0) is 0 Å². The van der Waals surface area contributed by atoms with E-state index >= 15 is 0 Å². The van der Waals surface area contributed by atoms with Gasteiger partial charge >= 0.3 is 0 Å². The molecule has 0 radical (unpaired) electrons. The number of halogens is 2. The zero-order valence-electron chi connectivity index (χ0n) is 8.96. The zero-order chi connectivity index (χ0) is 11.5. The smallest absolute Gasteiger partial charge is 0.139 e. The van der Waals surface area contributed by atoms with E-state index in [9.17, 15) is 0 Å². The van der Waals surface area contributed by atoms with Gasteiger partial charge in [0.2, 0.25) is 0 Å². The molecule has 0 aliphatic heterocycles. The molecule has 0 amide bonds. The number of hydrogen-bond acceptors (Lipinski definition) is 2. The van der Waals surface area contributed by atoms with Crippen LogP contribution in [0.25, 0.3) is 0 Å². The third kappa shape index (κ3) is 2.45. The second-order valence-electron chi connectivity index (χ2n) is 4.13. The van der Waals surface area contributed by atoms with Gasteiger partial charge in [0, 0.05) is 5.92 Å². The first-order valence-corrected chi connectivity index (χ1v) is 6.28. The molecule has 2 unspecified atom stereocenters. The molecule has 0 heterocycles. The van der Waals surface area contributed by atoms with Crippen molar-refractivity contribution in [3.8, 4) is 5.75 Å². The van der Waals surface area contributed by atoms with E-state index in [1.165, 1.54) is 6.42 Å². The van der Waals surface area contributed by atoms with Crippen molar-refractivity contribution >= 4 is 23.2 Å². The van der Waals surface area contributed by atoms with E-state index in [0.717, 1.165) is 12.8 Å². The Morgan fingerprint density at radius 2 is 2.12 bits per heavy atom. The van der Waals surface area contributed by atoms with Crippen molar-refractivity contribution in [2.45, 2.75) is 25.4 Å². The summed E-state index contributed by atoms with van der Waals surface area (Å²) < 4.78 is 5.89. The van der Waals surface area contributed by atoms with Crippen molar-refractivity contribution < 1.29 is 4.74 Å². The second-order valence-corrected chi connectivity index (χ2v) is 4.92. The molecule has 1 aliphatic rings. The molecule has 2 rings (SSSR count). The third-order valence-electron chi connectivity index (χ3n) is 3.09. The quantitative estimate of drug-likeness (QED) is 0.902. The van der Waals surface area contributed by atoms with Crippen LogP contribution in [0.4, 0.5) is 0 Å². The van der Waals surface area contributed by atoms with E-state index in [4.69, 9.17) is 33.7 Å². The maximum atomic E-state index is 6.07. The molecule has 4 heteroatoms. The molecule has 2 atom stereocenters. The van der Waals surface area contributed by atoms with Crippen LogP contribution >= 0.6 is 23.2 Å². The SMILES string of the molecule is NCC1CCCC1Oc1cccc(Cl)c1Cl. The van der Waals surface area contributed by atoms with Gasteiger partial charge in [-0.05, 0) is 37.9 Å². The Labute approximate surface area is 106 Å². The summed E-state index contributed by atoms with van der Waals surface area (Å²) in [7, 11) is 0. The van der Waals surface area contributed by atoms with Crippen LogP contribution in [0, 0.1) is 5.92 Å². The van der Waals surface area contributed by atoms with Gasteiger partial charge in [0.15, 0.2) is 0 Å². The van der Waals surface area contributed by atoms with Gasteiger partial charge in [-0.2, -0.15) is 0 Å². The first kappa shape index (κ1) is 12.0. The molecule has 1 saturated carbocycles.